The van der Waals surface area contributed by atoms with Crippen molar-refractivity contribution in [1.82, 2.24) is 4.57 Å². The van der Waals surface area contributed by atoms with E-state index in [-0.39, 0.29) is 15.6 Å². The summed E-state index contributed by atoms with van der Waals surface area (Å²) in [5, 5.41) is 0.754. The summed E-state index contributed by atoms with van der Waals surface area (Å²) in [5.74, 6) is 0. The molecule has 1 unspecified atom stereocenters. The van der Waals surface area contributed by atoms with Crippen molar-refractivity contribution in [2.75, 3.05) is 0 Å². The van der Waals surface area contributed by atoms with Gasteiger partial charge in [0.05, 0.1) is 11.0 Å². The van der Waals surface area contributed by atoms with E-state index >= 15 is 0 Å². The fourth-order valence-corrected chi connectivity index (χ4v) is 2.53. The Morgan fingerprint density at radius 3 is 1.65 bits per heavy atom. The van der Waals surface area contributed by atoms with Gasteiger partial charge in [0.25, 0.3) is 6.36 Å². The Morgan fingerprint density at radius 1 is 0.783 bits per heavy atom. The number of rotatable bonds is 3. The number of para-hydroxylation sites is 2. The van der Waals surface area contributed by atoms with E-state index in [4.69, 9.17) is 0 Å². The minimum atomic E-state index is -5.51. The number of aromatic nitrogens is 1. The number of halogens is 6. The van der Waals surface area contributed by atoms with Crippen LogP contribution < -0.4 is 0 Å². The molecule has 0 aliphatic heterocycles. The highest BCUT2D eigenvalue weighted by Gasteiger charge is 2.50. The maximum atomic E-state index is 14.3. The molecule has 2 nitrogen and oxygen atoms in total. The molecule has 0 fully saturated rings. The van der Waals surface area contributed by atoms with Crippen molar-refractivity contribution in [2.45, 2.75) is 18.8 Å². The number of ether oxygens (including phenoxy) is 1. The van der Waals surface area contributed by atoms with Gasteiger partial charge in [0, 0.05) is 10.8 Å². The molecule has 23 heavy (non-hydrogen) atoms. The van der Waals surface area contributed by atoms with Gasteiger partial charge in [-0.15, -0.1) is 13.2 Å². The van der Waals surface area contributed by atoms with Crippen LogP contribution in [0.25, 0.3) is 21.8 Å². The third-order valence-electron chi connectivity index (χ3n) is 3.39. The molecule has 0 amide bonds. The van der Waals surface area contributed by atoms with E-state index in [9.17, 15) is 26.3 Å². The van der Waals surface area contributed by atoms with E-state index in [2.05, 4.69) is 4.74 Å². The highest BCUT2D eigenvalue weighted by Crippen LogP contribution is 2.40. The van der Waals surface area contributed by atoms with Crippen LogP contribution in [0.1, 0.15) is 0 Å². The monoisotopic (exact) mass is 333 g/mol. The summed E-state index contributed by atoms with van der Waals surface area (Å²) in [5.41, 5.74) is -0.181. The normalized spacial score (nSPS) is 14.5. The fourth-order valence-electron chi connectivity index (χ4n) is 2.53. The average molecular weight is 333 g/mol. The zero-order valence-corrected chi connectivity index (χ0v) is 11.3. The van der Waals surface area contributed by atoms with Crippen molar-refractivity contribution >= 4 is 21.8 Å². The fraction of sp³-hybridized carbons (Fsp3) is 0.200. The van der Waals surface area contributed by atoms with Crippen LogP contribution in [0.3, 0.4) is 0 Å². The van der Waals surface area contributed by atoms with Crippen LogP contribution in [0.4, 0.5) is 26.3 Å². The van der Waals surface area contributed by atoms with E-state index in [1.165, 1.54) is 36.4 Å². The van der Waals surface area contributed by atoms with Crippen LogP contribution in [0, 0.1) is 0 Å². The number of hydrogen-bond acceptors (Lipinski definition) is 1. The molecule has 1 atom stereocenters. The molecule has 0 saturated heterocycles. The molecule has 0 aliphatic carbocycles. The van der Waals surface area contributed by atoms with Gasteiger partial charge < -0.3 is 0 Å². The quantitative estimate of drug-likeness (QED) is 0.603. The smallest absolute Gasteiger partial charge is 0.277 e. The maximum Gasteiger partial charge on any atom is 0.525 e. The van der Waals surface area contributed by atoms with Gasteiger partial charge >= 0.3 is 12.4 Å². The molecule has 0 N–H and O–H groups in total. The van der Waals surface area contributed by atoms with Crippen LogP contribution in [0.15, 0.2) is 48.5 Å². The van der Waals surface area contributed by atoms with Gasteiger partial charge in [-0.25, -0.2) is 9.13 Å². The molecule has 0 radical (unpaired) electrons. The summed E-state index contributed by atoms with van der Waals surface area (Å²) >= 11 is 0. The maximum absolute atomic E-state index is 14.3. The second-order valence-electron chi connectivity index (χ2n) is 4.84. The Bertz CT molecular complexity index is 801. The zero-order chi connectivity index (χ0) is 16.8. The molecule has 122 valence electrons. The van der Waals surface area contributed by atoms with Gasteiger partial charge in [-0.3, -0.25) is 4.57 Å². The first kappa shape index (κ1) is 15.7. The minimum Gasteiger partial charge on any atom is -0.277 e. The summed E-state index contributed by atoms with van der Waals surface area (Å²) in [4.78, 5) is 0. The second-order valence-corrected chi connectivity index (χ2v) is 4.84. The molecule has 2 aromatic carbocycles. The highest BCUT2D eigenvalue weighted by atomic mass is 19.4. The summed E-state index contributed by atoms with van der Waals surface area (Å²) in [7, 11) is 0. The lowest BCUT2D eigenvalue weighted by Gasteiger charge is -2.24. The topological polar surface area (TPSA) is 14.2 Å². The lowest BCUT2D eigenvalue weighted by molar-refractivity contribution is -0.398. The number of nitrogens with zero attached hydrogens (tertiary/aromatic N) is 1. The van der Waals surface area contributed by atoms with E-state index in [0.717, 1.165) is 0 Å². The van der Waals surface area contributed by atoms with Crippen LogP contribution in [-0.2, 0) is 10.8 Å². The third-order valence-corrected chi connectivity index (χ3v) is 3.39. The Balaban J connectivity index is 2.24. The second kappa shape index (κ2) is 5.16. The first-order chi connectivity index (χ1) is 10.7. The van der Waals surface area contributed by atoms with Crippen molar-refractivity contribution < 1.29 is 31.1 Å². The highest BCUT2D eigenvalue weighted by molar-refractivity contribution is 6.08. The Kier molecular flexibility index (Phi) is 3.51. The van der Waals surface area contributed by atoms with Crippen LogP contribution in [0.5, 0.6) is 0 Å². The third kappa shape index (κ3) is 2.63. The van der Waals surface area contributed by atoms with Crippen LogP contribution >= 0.6 is 0 Å². The predicted octanol–water partition coefficient (Wildman–Crippen LogP) is 5.18. The molecule has 3 aromatic rings. The Labute approximate surface area is 125 Å². The number of alkyl halides is 6. The molecule has 8 heteroatoms. The number of hydrogen-bond donors (Lipinski definition) is 0. The lowest BCUT2D eigenvalue weighted by atomic mass is 10.2. The Hall–Kier alpha value is -2.22. The van der Waals surface area contributed by atoms with Crippen molar-refractivity contribution in [3.63, 3.8) is 0 Å². The molecule has 0 saturated carbocycles. The molecule has 3 rings (SSSR count). The van der Waals surface area contributed by atoms with Gasteiger partial charge in [-0.05, 0) is 12.1 Å². The Morgan fingerprint density at radius 2 is 1.22 bits per heavy atom. The average Bonchev–Trinajstić information content (AvgIpc) is 2.80. The molecular weight excluding hydrogens is 324 g/mol. The van der Waals surface area contributed by atoms with Crippen molar-refractivity contribution in [3.05, 3.63) is 48.5 Å². The molecule has 0 aliphatic rings. The first-order valence-electron chi connectivity index (χ1n) is 6.47. The SMILES string of the molecule is FC(OC(F)(F)F)C(F)(F)n1c2ccccc2c2ccccc21. The molecule has 1 heterocycles. The summed E-state index contributed by atoms with van der Waals surface area (Å²) < 4.78 is 81.7. The molecular formula is C15H9F6NO. The van der Waals surface area contributed by atoms with E-state index < -0.39 is 18.8 Å². The summed E-state index contributed by atoms with van der Waals surface area (Å²) in [6.07, 6.45) is -9.39. The van der Waals surface area contributed by atoms with E-state index in [1.807, 2.05) is 0 Å². The zero-order valence-electron chi connectivity index (χ0n) is 11.3. The van der Waals surface area contributed by atoms with E-state index in [1.54, 1.807) is 12.1 Å². The van der Waals surface area contributed by atoms with Crippen molar-refractivity contribution in [3.8, 4) is 0 Å². The van der Waals surface area contributed by atoms with E-state index in [0.29, 0.717) is 10.8 Å². The van der Waals surface area contributed by atoms with Crippen molar-refractivity contribution in [1.29, 1.82) is 0 Å². The van der Waals surface area contributed by atoms with Crippen molar-refractivity contribution in [2.24, 2.45) is 0 Å². The largest absolute Gasteiger partial charge is 0.525 e. The summed E-state index contributed by atoms with van der Waals surface area (Å²) in [6.45, 7) is 0. The minimum absolute atomic E-state index is 0.0906. The van der Waals surface area contributed by atoms with Gasteiger partial charge in [-0.1, -0.05) is 36.4 Å². The van der Waals surface area contributed by atoms with Gasteiger partial charge in [0.15, 0.2) is 0 Å². The summed E-state index contributed by atoms with van der Waals surface area (Å²) in [6, 6.07) is 7.14. The standard InChI is InChI=1S/C15H9F6NO/c16-13(23-15(19,20)21)14(17,18)22-11-7-3-1-5-9(11)10-6-2-4-8-12(10)22/h1-8,13H. The molecule has 0 bridgehead atoms. The van der Waals surface area contributed by atoms with Gasteiger partial charge in [0.2, 0.25) is 0 Å². The first-order valence-corrected chi connectivity index (χ1v) is 6.47. The lowest BCUT2D eigenvalue weighted by Crippen LogP contribution is -2.39. The number of benzene rings is 2. The number of fused-ring (bicyclic) bond motifs is 3. The van der Waals surface area contributed by atoms with Crippen LogP contribution in [0.2, 0.25) is 0 Å². The van der Waals surface area contributed by atoms with Gasteiger partial charge in [-0.2, -0.15) is 8.78 Å². The van der Waals surface area contributed by atoms with Gasteiger partial charge in [0.1, 0.15) is 0 Å². The van der Waals surface area contributed by atoms with Crippen LogP contribution in [-0.4, -0.2) is 17.3 Å². The predicted molar refractivity (Wildman–Crippen MR) is 71.7 cm³/mol. The molecule has 1 aromatic heterocycles. The molecule has 0 spiro atoms.